The molecule has 0 bridgehead atoms. The maximum Gasteiger partial charge on any atom is 0.387 e. The lowest BCUT2D eigenvalue weighted by atomic mass is 9.91. The molecular weight excluding hydrogens is 336 g/mol. The van der Waals surface area contributed by atoms with E-state index in [0.717, 1.165) is 11.3 Å². The Hall–Kier alpha value is -2.28. The molecule has 1 heterocycles. The van der Waals surface area contributed by atoms with Crippen LogP contribution in [0, 0.1) is 5.41 Å². The van der Waals surface area contributed by atoms with E-state index in [9.17, 15) is 18.4 Å². The number of Topliss-reactive ketones (excluding diaryl/α,β-unsaturated/α-hetero) is 1. The number of thiazole rings is 1. The Bertz CT molecular complexity index is 890. The van der Waals surface area contributed by atoms with Gasteiger partial charge in [0.1, 0.15) is 5.75 Å². The van der Waals surface area contributed by atoms with E-state index in [4.69, 9.17) is 0 Å². The van der Waals surface area contributed by atoms with Crippen LogP contribution in [0.4, 0.5) is 8.78 Å². The summed E-state index contributed by atoms with van der Waals surface area (Å²) in [6, 6.07) is 5.94. The molecule has 7 heteroatoms. The van der Waals surface area contributed by atoms with Crippen molar-refractivity contribution in [3.05, 3.63) is 49.4 Å². The van der Waals surface area contributed by atoms with E-state index < -0.39 is 12.0 Å². The normalized spacial score (nSPS) is 13.6. The van der Waals surface area contributed by atoms with Gasteiger partial charge in [-0.2, -0.15) is 8.78 Å². The van der Waals surface area contributed by atoms with E-state index in [2.05, 4.69) is 9.72 Å². The Morgan fingerprint density at radius 2 is 1.88 bits per heavy atom. The molecule has 2 aromatic rings. The van der Waals surface area contributed by atoms with Gasteiger partial charge in [0, 0.05) is 11.5 Å². The maximum absolute atomic E-state index is 12.1. The summed E-state index contributed by atoms with van der Waals surface area (Å²) in [6.45, 7) is 2.52. The van der Waals surface area contributed by atoms with Crippen molar-refractivity contribution in [1.82, 2.24) is 4.98 Å². The highest BCUT2D eigenvalue weighted by atomic mass is 32.1. The van der Waals surface area contributed by atoms with Crippen molar-refractivity contribution in [1.29, 1.82) is 0 Å². The third kappa shape index (κ3) is 4.86. The molecule has 0 aliphatic heterocycles. The summed E-state index contributed by atoms with van der Waals surface area (Å²) in [7, 11) is 0. The van der Waals surface area contributed by atoms with Gasteiger partial charge in [0.2, 0.25) is 0 Å². The van der Waals surface area contributed by atoms with Gasteiger partial charge < -0.3 is 9.72 Å². The predicted octanol–water partition coefficient (Wildman–Crippen LogP) is 2.26. The summed E-state index contributed by atoms with van der Waals surface area (Å²) < 4.78 is 29.4. The zero-order valence-corrected chi connectivity index (χ0v) is 14.2. The fourth-order valence-electron chi connectivity index (χ4n) is 1.76. The molecule has 24 heavy (non-hydrogen) atoms. The number of hydrogen-bond acceptors (Lipinski definition) is 4. The van der Waals surface area contributed by atoms with E-state index in [1.54, 1.807) is 39.0 Å². The third-order valence-electron chi connectivity index (χ3n) is 3.08. The highest BCUT2D eigenvalue weighted by Gasteiger charge is 2.18. The van der Waals surface area contributed by atoms with E-state index in [0.29, 0.717) is 14.8 Å². The molecule has 0 unspecified atom stereocenters. The second kappa shape index (κ2) is 7.09. The van der Waals surface area contributed by atoms with Crippen LogP contribution in [0.25, 0.3) is 12.2 Å². The van der Waals surface area contributed by atoms with E-state index in [-0.39, 0.29) is 17.1 Å². The summed E-state index contributed by atoms with van der Waals surface area (Å²) in [6.07, 6.45) is 3.04. The highest BCUT2D eigenvalue weighted by Crippen LogP contribution is 2.15. The quantitative estimate of drug-likeness (QED) is 0.917. The van der Waals surface area contributed by atoms with Crippen LogP contribution in [0.3, 0.4) is 0 Å². The molecular formula is C17H17F2NO3S. The fourth-order valence-corrected chi connectivity index (χ4v) is 2.64. The summed E-state index contributed by atoms with van der Waals surface area (Å²) in [5, 5.41) is 0. The van der Waals surface area contributed by atoms with Crippen molar-refractivity contribution in [2.75, 3.05) is 0 Å². The zero-order valence-electron chi connectivity index (χ0n) is 13.4. The topological polar surface area (TPSA) is 59.2 Å². The first-order valence-corrected chi connectivity index (χ1v) is 7.99. The second-order valence-electron chi connectivity index (χ2n) is 6.14. The number of ketones is 1. The lowest BCUT2D eigenvalue weighted by Crippen LogP contribution is -2.22. The van der Waals surface area contributed by atoms with E-state index in [1.807, 2.05) is 0 Å². The van der Waals surface area contributed by atoms with Crippen LogP contribution in [0.15, 0.2) is 29.1 Å². The van der Waals surface area contributed by atoms with Gasteiger partial charge in [-0.3, -0.25) is 9.59 Å². The summed E-state index contributed by atoms with van der Waals surface area (Å²) in [5.41, 5.74) is -0.163. The predicted molar refractivity (Wildman–Crippen MR) is 89.8 cm³/mol. The molecule has 128 valence electrons. The second-order valence-corrected chi connectivity index (χ2v) is 7.22. The Labute approximate surface area is 141 Å². The Morgan fingerprint density at radius 1 is 1.25 bits per heavy atom. The molecule has 0 amide bonds. The van der Waals surface area contributed by atoms with Crippen LogP contribution in [0.5, 0.6) is 5.75 Å². The first-order valence-electron chi connectivity index (χ1n) is 7.17. The molecule has 0 fully saturated rings. The SMILES string of the molecule is CC(C)(C)C(=O)/C=c1\[nH]c(=O)/c(=C/c2ccc(OC(F)F)cc2)s1. The van der Waals surface area contributed by atoms with Crippen molar-refractivity contribution in [2.45, 2.75) is 27.4 Å². The molecule has 0 spiro atoms. The van der Waals surface area contributed by atoms with Crippen molar-refractivity contribution in [3.8, 4) is 5.75 Å². The van der Waals surface area contributed by atoms with Gasteiger partial charge in [0.05, 0.1) is 9.20 Å². The van der Waals surface area contributed by atoms with E-state index >= 15 is 0 Å². The maximum atomic E-state index is 12.1. The van der Waals surface area contributed by atoms with Crippen LogP contribution in [-0.2, 0) is 4.79 Å². The Morgan fingerprint density at radius 3 is 2.42 bits per heavy atom. The van der Waals surface area contributed by atoms with Gasteiger partial charge in [-0.15, -0.1) is 11.3 Å². The average molecular weight is 353 g/mol. The molecule has 0 saturated heterocycles. The van der Waals surface area contributed by atoms with Gasteiger partial charge in [-0.25, -0.2) is 0 Å². The molecule has 4 nitrogen and oxygen atoms in total. The number of carbonyl (C=O) groups excluding carboxylic acids is 1. The summed E-state index contributed by atoms with van der Waals surface area (Å²) >= 11 is 1.16. The third-order valence-corrected chi connectivity index (χ3v) is 4.05. The molecule has 1 N–H and O–H groups in total. The lowest BCUT2D eigenvalue weighted by molar-refractivity contribution is -0.120. The minimum atomic E-state index is -2.88. The number of aromatic amines is 1. The van der Waals surface area contributed by atoms with Crippen molar-refractivity contribution in [3.63, 3.8) is 0 Å². The van der Waals surface area contributed by atoms with Gasteiger partial charge >= 0.3 is 6.61 Å². The van der Waals surface area contributed by atoms with Crippen LogP contribution in [-0.4, -0.2) is 17.4 Å². The van der Waals surface area contributed by atoms with Crippen LogP contribution >= 0.6 is 11.3 Å². The van der Waals surface area contributed by atoms with Gasteiger partial charge in [-0.05, 0) is 23.8 Å². The molecule has 0 radical (unpaired) electrons. The first kappa shape index (κ1) is 18.1. The van der Waals surface area contributed by atoms with Crippen LogP contribution in [0.2, 0.25) is 0 Å². The molecule has 0 aliphatic carbocycles. The largest absolute Gasteiger partial charge is 0.435 e. The van der Waals surface area contributed by atoms with Crippen molar-refractivity contribution in [2.24, 2.45) is 5.41 Å². The molecule has 0 saturated carbocycles. The van der Waals surface area contributed by atoms with Crippen LogP contribution in [0.1, 0.15) is 26.3 Å². The smallest absolute Gasteiger partial charge is 0.387 e. The first-order chi connectivity index (χ1) is 11.1. The Balaban J connectivity index is 2.33. The summed E-state index contributed by atoms with van der Waals surface area (Å²) in [4.78, 5) is 26.6. The molecule has 1 aromatic carbocycles. The number of nitrogens with one attached hydrogen (secondary N) is 1. The lowest BCUT2D eigenvalue weighted by Gasteiger charge is -2.12. The summed E-state index contributed by atoms with van der Waals surface area (Å²) in [5.74, 6) is -0.0351. The number of aromatic nitrogens is 1. The molecule has 2 rings (SSSR count). The molecule has 1 aromatic heterocycles. The fraction of sp³-hybridized carbons (Fsp3) is 0.294. The van der Waals surface area contributed by atoms with Gasteiger partial charge in [-0.1, -0.05) is 32.9 Å². The number of benzene rings is 1. The van der Waals surface area contributed by atoms with Gasteiger partial charge in [0.15, 0.2) is 5.78 Å². The van der Waals surface area contributed by atoms with E-state index in [1.165, 1.54) is 18.2 Å². The number of halogens is 2. The zero-order chi connectivity index (χ0) is 17.9. The Kier molecular flexibility index (Phi) is 5.33. The van der Waals surface area contributed by atoms with Crippen molar-refractivity contribution >= 4 is 29.3 Å². The molecule has 0 atom stereocenters. The number of carbonyl (C=O) groups is 1. The van der Waals surface area contributed by atoms with Crippen LogP contribution < -0.4 is 19.5 Å². The van der Waals surface area contributed by atoms with Gasteiger partial charge in [0.25, 0.3) is 5.56 Å². The number of rotatable bonds is 4. The number of H-pyrrole nitrogens is 1. The number of alkyl halides is 2. The minimum absolute atomic E-state index is 0.0482. The monoisotopic (exact) mass is 353 g/mol. The average Bonchev–Trinajstić information content (AvgIpc) is 2.79. The molecule has 0 aliphatic rings. The standard InChI is InChI=1S/C17H17F2NO3S/c1-17(2,3)13(21)9-14-20-15(22)12(24-14)8-10-4-6-11(7-5-10)23-16(18)19/h4-9,16H,1-3H3,(H,20,22)/b12-8-,14-9+. The highest BCUT2D eigenvalue weighted by molar-refractivity contribution is 7.07. The minimum Gasteiger partial charge on any atom is -0.435 e. The van der Waals surface area contributed by atoms with Crippen molar-refractivity contribution < 1.29 is 18.3 Å². The number of hydrogen-bond donors (Lipinski definition) is 1. The number of ether oxygens (including phenoxy) is 1.